The minimum Gasteiger partial charge on any atom is -0.482 e. The normalized spacial score (nSPS) is 12.0. The van der Waals surface area contributed by atoms with E-state index in [9.17, 15) is 9.18 Å². The molecular weight excluding hydrogens is 255 g/mol. The number of halogens is 1. The monoisotopic (exact) mass is 272 g/mol. The van der Waals surface area contributed by atoms with Gasteiger partial charge in [0.1, 0.15) is 11.6 Å². The second kappa shape index (κ2) is 5.87. The van der Waals surface area contributed by atoms with Gasteiger partial charge >= 0.3 is 0 Å². The Balaban J connectivity index is 2.18. The van der Waals surface area contributed by atoms with E-state index < -0.39 is 6.10 Å². The number of hydrogen-bond acceptors (Lipinski definition) is 2. The maximum atomic E-state index is 13.1. The Morgan fingerprint density at radius 1 is 1.15 bits per heavy atom. The molecule has 0 aliphatic rings. The number of rotatable bonds is 4. The van der Waals surface area contributed by atoms with Crippen LogP contribution < -0.4 is 4.74 Å². The molecule has 1 atom stereocenters. The van der Waals surface area contributed by atoms with Gasteiger partial charge in [-0.15, -0.1) is 0 Å². The zero-order valence-corrected chi connectivity index (χ0v) is 11.8. The van der Waals surface area contributed by atoms with Crippen LogP contribution in [0.1, 0.15) is 28.4 Å². The highest BCUT2D eigenvalue weighted by Crippen LogP contribution is 2.18. The van der Waals surface area contributed by atoms with E-state index in [2.05, 4.69) is 0 Å². The molecule has 2 aromatic rings. The molecule has 20 heavy (non-hydrogen) atoms. The summed E-state index contributed by atoms with van der Waals surface area (Å²) >= 11 is 0. The third-order valence-electron chi connectivity index (χ3n) is 3.14. The van der Waals surface area contributed by atoms with E-state index in [1.165, 1.54) is 12.1 Å². The first-order valence-corrected chi connectivity index (χ1v) is 6.51. The quantitative estimate of drug-likeness (QED) is 0.783. The number of carbonyl (C=O) groups is 1. The summed E-state index contributed by atoms with van der Waals surface area (Å²) in [6.07, 6.45) is -0.655. The van der Waals surface area contributed by atoms with E-state index in [4.69, 9.17) is 4.74 Å². The fraction of sp³-hybridized carbons (Fsp3) is 0.235. The van der Waals surface area contributed by atoms with Crippen molar-refractivity contribution in [1.82, 2.24) is 0 Å². The Morgan fingerprint density at radius 3 is 2.60 bits per heavy atom. The fourth-order valence-electron chi connectivity index (χ4n) is 2.02. The Morgan fingerprint density at radius 2 is 1.90 bits per heavy atom. The summed E-state index contributed by atoms with van der Waals surface area (Å²) in [4.78, 5) is 12.4. The molecule has 104 valence electrons. The van der Waals surface area contributed by atoms with Crippen LogP contribution in [0.25, 0.3) is 0 Å². The Bertz CT molecular complexity index is 635. The highest BCUT2D eigenvalue weighted by atomic mass is 19.1. The molecule has 0 saturated carbocycles. The van der Waals surface area contributed by atoms with Gasteiger partial charge in [-0.2, -0.15) is 0 Å². The van der Waals surface area contributed by atoms with Crippen molar-refractivity contribution in [3.05, 3.63) is 65.0 Å². The van der Waals surface area contributed by atoms with E-state index in [0.717, 1.165) is 11.1 Å². The predicted octanol–water partition coefficient (Wildman–Crippen LogP) is 4.09. The van der Waals surface area contributed by atoms with Crippen molar-refractivity contribution in [3.63, 3.8) is 0 Å². The van der Waals surface area contributed by atoms with Gasteiger partial charge in [-0.3, -0.25) is 4.79 Å². The molecule has 0 spiro atoms. The highest BCUT2D eigenvalue weighted by Gasteiger charge is 2.19. The van der Waals surface area contributed by atoms with Crippen LogP contribution in [0.2, 0.25) is 0 Å². The van der Waals surface area contributed by atoms with Crippen LogP contribution in [0.5, 0.6) is 5.75 Å². The van der Waals surface area contributed by atoms with Gasteiger partial charge in [0.2, 0.25) is 5.78 Å². The van der Waals surface area contributed by atoms with Gasteiger partial charge in [-0.05, 0) is 44.5 Å². The van der Waals surface area contributed by atoms with Crippen molar-refractivity contribution >= 4 is 5.78 Å². The standard InChI is InChI=1S/C17H17FO2/c1-11-7-8-12(2)16(9-11)17(19)13(3)20-15-6-4-5-14(18)10-15/h4-10,13H,1-3H3. The molecule has 0 saturated heterocycles. The lowest BCUT2D eigenvalue weighted by atomic mass is 9.99. The summed E-state index contributed by atoms with van der Waals surface area (Å²) in [5.74, 6) is -0.125. The second-order valence-corrected chi connectivity index (χ2v) is 4.90. The molecule has 3 heteroatoms. The Labute approximate surface area is 118 Å². The number of hydrogen-bond donors (Lipinski definition) is 0. The molecule has 0 aliphatic heterocycles. The molecule has 0 fully saturated rings. The Hall–Kier alpha value is -2.16. The number of benzene rings is 2. The first-order valence-electron chi connectivity index (χ1n) is 6.51. The summed E-state index contributed by atoms with van der Waals surface area (Å²) in [6.45, 7) is 5.50. The van der Waals surface area contributed by atoms with Crippen LogP contribution in [0.15, 0.2) is 42.5 Å². The fourth-order valence-corrected chi connectivity index (χ4v) is 2.02. The SMILES string of the molecule is Cc1ccc(C)c(C(=O)C(C)Oc2cccc(F)c2)c1. The summed E-state index contributed by atoms with van der Waals surface area (Å²) in [5.41, 5.74) is 2.58. The number of Topliss-reactive ketones (excluding diaryl/α,β-unsaturated/α-hetero) is 1. The minimum absolute atomic E-state index is 0.101. The van der Waals surface area contributed by atoms with Gasteiger partial charge in [0.15, 0.2) is 6.10 Å². The largest absolute Gasteiger partial charge is 0.482 e. The molecule has 0 amide bonds. The maximum absolute atomic E-state index is 13.1. The summed E-state index contributed by atoms with van der Waals surface area (Å²) < 4.78 is 18.6. The number of carbonyl (C=O) groups excluding carboxylic acids is 1. The third-order valence-corrected chi connectivity index (χ3v) is 3.14. The minimum atomic E-state index is -0.655. The van der Waals surface area contributed by atoms with Crippen LogP contribution in [-0.4, -0.2) is 11.9 Å². The maximum Gasteiger partial charge on any atom is 0.203 e. The lowest BCUT2D eigenvalue weighted by Crippen LogP contribution is -2.24. The molecule has 2 nitrogen and oxygen atoms in total. The van der Waals surface area contributed by atoms with Crippen molar-refractivity contribution in [3.8, 4) is 5.75 Å². The topological polar surface area (TPSA) is 26.3 Å². The third kappa shape index (κ3) is 3.23. The zero-order chi connectivity index (χ0) is 14.7. The molecule has 0 radical (unpaired) electrons. The van der Waals surface area contributed by atoms with Gasteiger partial charge in [-0.1, -0.05) is 23.8 Å². The molecule has 0 aliphatic carbocycles. The van der Waals surface area contributed by atoms with Crippen molar-refractivity contribution < 1.29 is 13.9 Å². The van der Waals surface area contributed by atoms with Crippen molar-refractivity contribution in [2.45, 2.75) is 26.9 Å². The van der Waals surface area contributed by atoms with Crippen LogP contribution >= 0.6 is 0 Å². The number of aryl methyl sites for hydroxylation is 2. The zero-order valence-electron chi connectivity index (χ0n) is 11.8. The molecule has 1 unspecified atom stereocenters. The van der Waals surface area contributed by atoms with E-state index in [1.54, 1.807) is 19.1 Å². The van der Waals surface area contributed by atoms with Gasteiger partial charge in [0, 0.05) is 11.6 Å². The van der Waals surface area contributed by atoms with Gasteiger partial charge in [0.25, 0.3) is 0 Å². The molecule has 0 bridgehead atoms. The van der Waals surface area contributed by atoms with E-state index >= 15 is 0 Å². The number of ether oxygens (including phenoxy) is 1. The van der Waals surface area contributed by atoms with Crippen LogP contribution in [0.4, 0.5) is 4.39 Å². The van der Waals surface area contributed by atoms with Crippen molar-refractivity contribution in [2.24, 2.45) is 0 Å². The van der Waals surface area contributed by atoms with Gasteiger partial charge in [-0.25, -0.2) is 4.39 Å². The first-order chi connectivity index (χ1) is 9.47. The van der Waals surface area contributed by atoms with E-state index in [-0.39, 0.29) is 11.6 Å². The first kappa shape index (κ1) is 14.3. The second-order valence-electron chi connectivity index (χ2n) is 4.90. The lowest BCUT2D eigenvalue weighted by Gasteiger charge is -2.15. The molecule has 0 N–H and O–H groups in total. The number of ketones is 1. The summed E-state index contributed by atoms with van der Waals surface area (Å²) in [7, 11) is 0. The smallest absolute Gasteiger partial charge is 0.203 e. The van der Waals surface area contributed by atoms with Crippen molar-refractivity contribution in [1.29, 1.82) is 0 Å². The molecule has 2 rings (SSSR count). The molecule has 2 aromatic carbocycles. The van der Waals surface area contributed by atoms with E-state index in [1.807, 2.05) is 32.0 Å². The van der Waals surface area contributed by atoms with E-state index in [0.29, 0.717) is 11.3 Å². The van der Waals surface area contributed by atoms with Crippen molar-refractivity contribution in [2.75, 3.05) is 0 Å². The summed E-state index contributed by atoms with van der Waals surface area (Å²) in [5, 5.41) is 0. The lowest BCUT2D eigenvalue weighted by molar-refractivity contribution is 0.0817. The van der Waals surface area contributed by atoms with Gasteiger partial charge in [0.05, 0.1) is 0 Å². The van der Waals surface area contributed by atoms with Gasteiger partial charge < -0.3 is 4.74 Å². The van der Waals surface area contributed by atoms with Crippen LogP contribution in [0.3, 0.4) is 0 Å². The average molecular weight is 272 g/mol. The predicted molar refractivity (Wildman–Crippen MR) is 76.7 cm³/mol. The highest BCUT2D eigenvalue weighted by molar-refractivity contribution is 6.00. The Kier molecular flexibility index (Phi) is 4.18. The molecule has 0 heterocycles. The van der Waals surface area contributed by atoms with Crippen LogP contribution in [-0.2, 0) is 0 Å². The average Bonchev–Trinajstić information content (AvgIpc) is 2.40. The molecule has 0 aromatic heterocycles. The molecular formula is C17H17FO2. The van der Waals surface area contributed by atoms with Crippen LogP contribution in [0, 0.1) is 19.7 Å². The summed E-state index contributed by atoms with van der Waals surface area (Å²) in [6, 6.07) is 11.5.